The van der Waals surface area contributed by atoms with E-state index in [1.165, 1.54) is 12.1 Å². The van der Waals surface area contributed by atoms with E-state index in [2.05, 4.69) is 9.71 Å². The number of nitro benzene ring substituents is 1. The van der Waals surface area contributed by atoms with Gasteiger partial charge in [0.1, 0.15) is 0 Å². The monoisotopic (exact) mass is 285 g/mol. The second-order valence-corrected chi connectivity index (χ2v) is 4.76. The molecule has 9 heteroatoms. The van der Waals surface area contributed by atoms with Gasteiger partial charge in [0.25, 0.3) is 17.0 Å². The highest BCUT2D eigenvalue weighted by molar-refractivity contribution is 7.80. The number of nitrogens with zero attached hydrogens (tertiary/aromatic N) is 2. The fourth-order valence-electron chi connectivity index (χ4n) is 1.31. The number of benzene rings is 1. The first-order valence-electron chi connectivity index (χ1n) is 4.64. The quantitative estimate of drug-likeness (QED) is 0.509. The molecule has 0 spiro atoms. The summed E-state index contributed by atoms with van der Waals surface area (Å²) in [6.45, 7) is 0. The molecular formula is C9H7N3O4S2. The lowest BCUT2D eigenvalue weighted by molar-refractivity contribution is -0.384. The Labute approximate surface area is 108 Å². The van der Waals surface area contributed by atoms with E-state index in [4.69, 9.17) is 4.55 Å². The molecular weight excluding hydrogens is 278 g/mol. The van der Waals surface area contributed by atoms with E-state index in [0.29, 0.717) is 11.3 Å². The molecule has 0 saturated carbocycles. The van der Waals surface area contributed by atoms with Crippen LogP contribution in [-0.2, 0) is 11.3 Å². The largest absolute Gasteiger partial charge is 0.289 e. The molecule has 1 unspecified atom stereocenters. The minimum absolute atomic E-state index is 0.0271. The number of nitrogens with one attached hydrogen (secondary N) is 1. The van der Waals surface area contributed by atoms with Crippen molar-refractivity contribution in [3.63, 3.8) is 0 Å². The molecule has 0 radical (unpaired) electrons. The Balaban J connectivity index is 2.31. The van der Waals surface area contributed by atoms with Crippen molar-refractivity contribution in [2.75, 3.05) is 4.72 Å². The summed E-state index contributed by atoms with van der Waals surface area (Å²) >= 11 is -1.04. The Morgan fingerprint density at radius 1 is 1.50 bits per heavy atom. The average Bonchev–Trinajstić information content (AvgIpc) is 2.77. The summed E-state index contributed by atoms with van der Waals surface area (Å²) in [4.78, 5) is 14.2. The number of rotatable bonds is 4. The Morgan fingerprint density at radius 3 is 2.94 bits per heavy atom. The van der Waals surface area contributed by atoms with E-state index in [1.54, 1.807) is 17.5 Å². The van der Waals surface area contributed by atoms with Gasteiger partial charge in [-0.05, 0) is 0 Å². The summed E-state index contributed by atoms with van der Waals surface area (Å²) in [5.74, 6) is 0. The minimum atomic E-state index is -2.18. The molecule has 0 fully saturated rings. The summed E-state index contributed by atoms with van der Waals surface area (Å²) < 4.78 is 21.4. The molecule has 0 amide bonds. The van der Waals surface area contributed by atoms with Crippen LogP contribution < -0.4 is 4.72 Å². The lowest BCUT2D eigenvalue weighted by Gasteiger charge is -1.97. The predicted molar refractivity (Wildman–Crippen MR) is 68.6 cm³/mol. The maximum absolute atomic E-state index is 10.6. The first-order chi connectivity index (χ1) is 8.56. The minimum Gasteiger partial charge on any atom is -0.289 e. The van der Waals surface area contributed by atoms with E-state index < -0.39 is 16.2 Å². The highest BCUT2D eigenvalue weighted by atomic mass is 32.2. The van der Waals surface area contributed by atoms with Crippen molar-refractivity contribution in [2.24, 2.45) is 0 Å². The van der Waals surface area contributed by atoms with Crippen LogP contribution in [0, 0.1) is 10.1 Å². The number of hydrogen-bond donors (Lipinski definition) is 2. The van der Waals surface area contributed by atoms with Crippen molar-refractivity contribution in [3.8, 4) is 11.3 Å². The molecule has 94 valence electrons. The highest BCUT2D eigenvalue weighted by Crippen LogP contribution is 2.27. The first kappa shape index (κ1) is 12.6. The van der Waals surface area contributed by atoms with Crippen molar-refractivity contribution in [1.29, 1.82) is 0 Å². The summed E-state index contributed by atoms with van der Waals surface area (Å²) in [6.07, 6.45) is 0. The number of non-ortho nitro benzene ring substituents is 1. The van der Waals surface area contributed by atoms with Gasteiger partial charge in [-0.2, -0.15) is 0 Å². The standard InChI is InChI=1S/C9H7N3O4S2/c13-12(14)7-3-1-2-6(4-7)8-5-17-9(10-8)11-18(15)16/h1-5H,(H,10,11)(H,15,16). The highest BCUT2D eigenvalue weighted by Gasteiger charge is 2.10. The van der Waals surface area contributed by atoms with Gasteiger partial charge in [0, 0.05) is 23.1 Å². The van der Waals surface area contributed by atoms with E-state index in [-0.39, 0.29) is 10.8 Å². The Hall–Kier alpha value is -1.84. The van der Waals surface area contributed by atoms with Gasteiger partial charge in [-0.1, -0.05) is 12.1 Å². The van der Waals surface area contributed by atoms with E-state index in [9.17, 15) is 14.3 Å². The Kier molecular flexibility index (Phi) is 3.65. The maximum atomic E-state index is 10.6. The number of hydrogen-bond acceptors (Lipinski definition) is 5. The number of nitro groups is 1. The molecule has 0 aliphatic rings. The molecule has 2 N–H and O–H groups in total. The summed E-state index contributed by atoms with van der Waals surface area (Å²) in [5, 5.41) is 12.6. The zero-order valence-corrected chi connectivity index (χ0v) is 10.4. The number of anilines is 1. The molecule has 1 atom stereocenters. The molecule has 2 aromatic rings. The van der Waals surface area contributed by atoms with Crippen LogP contribution in [0.15, 0.2) is 29.6 Å². The van der Waals surface area contributed by atoms with Crippen molar-refractivity contribution in [2.45, 2.75) is 0 Å². The fraction of sp³-hybridized carbons (Fsp3) is 0. The smallest absolute Gasteiger partial charge is 0.270 e. The second-order valence-electron chi connectivity index (χ2n) is 3.20. The van der Waals surface area contributed by atoms with Crippen LogP contribution in [0.4, 0.5) is 10.8 Å². The topological polar surface area (TPSA) is 105 Å². The maximum Gasteiger partial charge on any atom is 0.270 e. The van der Waals surface area contributed by atoms with Crippen LogP contribution in [0.2, 0.25) is 0 Å². The SMILES string of the molecule is O=[N+]([O-])c1cccc(-c2csc(NS(=O)O)n2)c1. The van der Waals surface area contributed by atoms with Crippen LogP contribution in [0.3, 0.4) is 0 Å². The fourth-order valence-corrected chi connectivity index (χ4v) is 2.47. The molecule has 1 aromatic carbocycles. The lowest BCUT2D eigenvalue weighted by atomic mass is 10.1. The Bertz CT molecular complexity index is 613. The molecule has 0 saturated heterocycles. The number of aromatic nitrogens is 1. The van der Waals surface area contributed by atoms with E-state index >= 15 is 0 Å². The van der Waals surface area contributed by atoms with E-state index in [0.717, 1.165) is 11.3 Å². The van der Waals surface area contributed by atoms with Crippen molar-refractivity contribution < 1.29 is 13.7 Å². The Morgan fingerprint density at radius 2 is 2.28 bits per heavy atom. The van der Waals surface area contributed by atoms with Gasteiger partial charge in [0.05, 0.1) is 10.6 Å². The molecule has 2 rings (SSSR count). The van der Waals surface area contributed by atoms with Crippen LogP contribution in [0.5, 0.6) is 0 Å². The summed E-state index contributed by atoms with van der Waals surface area (Å²) in [5.41, 5.74) is 1.06. The summed E-state index contributed by atoms with van der Waals surface area (Å²) in [7, 11) is 0. The third kappa shape index (κ3) is 2.88. The molecule has 0 aliphatic heterocycles. The van der Waals surface area contributed by atoms with Crippen LogP contribution in [-0.4, -0.2) is 18.7 Å². The third-order valence-electron chi connectivity index (χ3n) is 2.03. The average molecular weight is 285 g/mol. The van der Waals surface area contributed by atoms with Gasteiger partial charge in [0.2, 0.25) is 0 Å². The molecule has 0 aliphatic carbocycles. The van der Waals surface area contributed by atoms with Crippen molar-refractivity contribution in [3.05, 3.63) is 39.8 Å². The van der Waals surface area contributed by atoms with Gasteiger partial charge in [-0.25, -0.2) is 9.19 Å². The molecule has 0 bridgehead atoms. The molecule has 7 nitrogen and oxygen atoms in total. The van der Waals surface area contributed by atoms with Gasteiger partial charge in [-0.15, -0.1) is 11.3 Å². The third-order valence-corrected chi connectivity index (χ3v) is 3.29. The van der Waals surface area contributed by atoms with Gasteiger partial charge < -0.3 is 0 Å². The van der Waals surface area contributed by atoms with Gasteiger partial charge in [-0.3, -0.25) is 19.4 Å². The normalized spacial score (nSPS) is 12.1. The van der Waals surface area contributed by atoms with Crippen LogP contribution >= 0.6 is 11.3 Å². The predicted octanol–water partition coefficient (Wildman–Crippen LogP) is 2.27. The van der Waals surface area contributed by atoms with Crippen molar-refractivity contribution >= 4 is 33.4 Å². The first-order valence-corrected chi connectivity index (χ1v) is 6.63. The second kappa shape index (κ2) is 5.21. The zero-order chi connectivity index (χ0) is 13.1. The van der Waals surface area contributed by atoms with Crippen molar-refractivity contribution in [1.82, 2.24) is 4.98 Å². The van der Waals surface area contributed by atoms with Crippen LogP contribution in [0.25, 0.3) is 11.3 Å². The van der Waals surface area contributed by atoms with Gasteiger partial charge >= 0.3 is 0 Å². The lowest BCUT2D eigenvalue weighted by Crippen LogP contribution is -2.00. The molecule has 1 aromatic heterocycles. The zero-order valence-electron chi connectivity index (χ0n) is 8.77. The molecule has 1 heterocycles. The van der Waals surface area contributed by atoms with Gasteiger partial charge in [0.15, 0.2) is 5.13 Å². The summed E-state index contributed by atoms with van der Waals surface area (Å²) in [6, 6.07) is 6.03. The van der Waals surface area contributed by atoms with Crippen LogP contribution in [0.1, 0.15) is 0 Å². The number of thiazole rings is 1. The molecule has 18 heavy (non-hydrogen) atoms. The van der Waals surface area contributed by atoms with E-state index in [1.807, 2.05) is 0 Å².